The van der Waals surface area contributed by atoms with Gasteiger partial charge in [0.15, 0.2) is 0 Å². The molecule has 0 aromatic carbocycles. The Morgan fingerprint density at radius 3 is 2.54 bits per heavy atom. The van der Waals surface area contributed by atoms with Crippen LogP contribution in [0.1, 0.15) is 98.8 Å². The standard InChI is InChI=1S/C28H44/c1-21(2)11-9-19-27(4,5)26-18-17-25-24(14-10-20-28(25,26)6)16-15-23-13-8-7-12-22(23)3/h9,15-16,19,21,25-26H,3,7-8,10-14,17-18,20H2,1-2,4-6H3/b19-9+,23-15-,24-16+. The van der Waals surface area contributed by atoms with E-state index in [9.17, 15) is 0 Å². The lowest BCUT2D eigenvalue weighted by molar-refractivity contribution is 0.0716. The van der Waals surface area contributed by atoms with Crippen LogP contribution in [0.2, 0.25) is 0 Å². The Bertz CT molecular complexity index is 654. The van der Waals surface area contributed by atoms with Crippen molar-refractivity contribution in [2.45, 2.75) is 98.8 Å². The second kappa shape index (κ2) is 8.76. The van der Waals surface area contributed by atoms with Crippen molar-refractivity contribution in [1.82, 2.24) is 0 Å². The molecule has 0 amide bonds. The Labute approximate surface area is 175 Å². The molecule has 3 fully saturated rings. The molecule has 156 valence electrons. The molecular weight excluding hydrogens is 336 g/mol. The van der Waals surface area contributed by atoms with Gasteiger partial charge in [0.2, 0.25) is 0 Å². The maximum absolute atomic E-state index is 4.32. The number of rotatable bonds is 5. The highest BCUT2D eigenvalue weighted by molar-refractivity contribution is 5.35. The smallest absolute Gasteiger partial charge is 0.0141 e. The summed E-state index contributed by atoms with van der Waals surface area (Å²) in [7, 11) is 0. The summed E-state index contributed by atoms with van der Waals surface area (Å²) in [5.41, 5.74) is 5.43. The van der Waals surface area contributed by atoms with Gasteiger partial charge in [0, 0.05) is 0 Å². The third kappa shape index (κ3) is 4.58. The molecule has 3 aliphatic rings. The van der Waals surface area contributed by atoms with E-state index in [4.69, 9.17) is 0 Å². The summed E-state index contributed by atoms with van der Waals surface area (Å²) in [6.07, 6.45) is 23.2. The van der Waals surface area contributed by atoms with Crippen LogP contribution in [0.15, 0.2) is 47.6 Å². The van der Waals surface area contributed by atoms with E-state index in [1.165, 1.54) is 75.4 Å². The molecule has 3 rings (SSSR count). The van der Waals surface area contributed by atoms with Gasteiger partial charge in [-0.2, -0.15) is 0 Å². The average molecular weight is 381 g/mol. The van der Waals surface area contributed by atoms with Crippen LogP contribution in [0.25, 0.3) is 0 Å². The highest BCUT2D eigenvalue weighted by atomic mass is 14.6. The van der Waals surface area contributed by atoms with Gasteiger partial charge in [0.25, 0.3) is 0 Å². The molecule has 0 aromatic heterocycles. The molecule has 3 atom stereocenters. The van der Waals surface area contributed by atoms with Gasteiger partial charge in [-0.3, -0.25) is 0 Å². The minimum atomic E-state index is 0.303. The van der Waals surface area contributed by atoms with Gasteiger partial charge in [-0.15, -0.1) is 0 Å². The Hall–Kier alpha value is -1.04. The van der Waals surface area contributed by atoms with Crippen molar-refractivity contribution in [1.29, 1.82) is 0 Å². The Morgan fingerprint density at radius 2 is 1.82 bits per heavy atom. The zero-order valence-corrected chi connectivity index (χ0v) is 19.3. The van der Waals surface area contributed by atoms with Crippen LogP contribution in [0.3, 0.4) is 0 Å². The van der Waals surface area contributed by atoms with Crippen molar-refractivity contribution >= 4 is 0 Å². The maximum Gasteiger partial charge on any atom is -0.0141 e. The fraction of sp³-hybridized carbons (Fsp3) is 0.714. The zero-order chi connectivity index (χ0) is 20.4. The zero-order valence-electron chi connectivity index (χ0n) is 19.3. The second-order valence-electron chi connectivity index (χ2n) is 11.1. The first-order valence-electron chi connectivity index (χ1n) is 12.0. The van der Waals surface area contributed by atoms with Gasteiger partial charge < -0.3 is 0 Å². The maximum atomic E-state index is 4.32. The first-order chi connectivity index (χ1) is 13.2. The van der Waals surface area contributed by atoms with Gasteiger partial charge >= 0.3 is 0 Å². The topological polar surface area (TPSA) is 0 Å². The van der Waals surface area contributed by atoms with Crippen LogP contribution in [-0.4, -0.2) is 0 Å². The van der Waals surface area contributed by atoms with E-state index in [-0.39, 0.29) is 0 Å². The van der Waals surface area contributed by atoms with Gasteiger partial charge in [-0.25, -0.2) is 0 Å². The number of allylic oxidation sites excluding steroid dienone is 7. The van der Waals surface area contributed by atoms with E-state index in [1.807, 2.05) is 0 Å². The molecule has 28 heavy (non-hydrogen) atoms. The van der Waals surface area contributed by atoms with Gasteiger partial charge in [0.1, 0.15) is 0 Å². The molecule has 3 aliphatic carbocycles. The summed E-state index contributed by atoms with van der Waals surface area (Å²) in [4.78, 5) is 0. The van der Waals surface area contributed by atoms with Crippen molar-refractivity contribution < 1.29 is 0 Å². The summed E-state index contributed by atoms with van der Waals surface area (Å²) in [5.74, 6) is 2.35. The molecule has 3 unspecified atom stereocenters. The molecule has 0 aliphatic heterocycles. The van der Waals surface area contributed by atoms with Gasteiger partial charge in [-0.05, 0) is 98.4 Å². The lowest BCUT2D eigenvalue weighted by Crippen LogP contribution is -2.39. The van der Waals surface area contributed by atoms with Crippen LogP contribution in [0, 0.1) is 28.6 Å². The number of hydrogen-bond donors (Lipinski definition) is 0. The van der Waals surface area contributed by atoms with Gasteiger partial charge in [0.05, 0.1) is 0 Å². The van der Waals surface area contributed by atoms with Gasteiger partial charge in [-0.1, -0.05) is 76.6 Å². The van der Waals surface area contributed by atoms with E-state index < -0.39 is 0 Å². The molecule has 0 saturated heterocycles. The SMILES string of the molecule is C=C1CCCC/C1=C/C=C1\CCCC2(C)C1CCC2C(C)(C)/C=C/CC(C)C. The molecule has 3 saturated carbocycles. The number of hydrogen-bond acceptors (Lipinski definition) is 0. The average Bonchev–Trinajstić information content (AvgIpc) is 2.99. The molecule has 0 N–H and O–H groups in total. The second-order valence-corrected chi connectivity index (χ2v) is 11.1. The summed E-state index contributed by atoms with van der Waals surface area (Å²) in [5, 5.41) is 0. The summed E-state index contributed by atoms with van der Waals surface area (Å²) in [6.45, 7) is 16.6. The van der Waals surface area contributed by atoms with Crippen LogP contribution < -0.4 is 0 Å². The molecule has 0 aromatic rings. The van der Waals surface area contributed by atoms with E-state index >= 15 is 0 Å². The molecule has 0 heteroatoms. The van der Waals surface area contributed by atoms with E-state index in [1.54, 1.807) is 5.57 Å². The largest absolute Gasteiger partial charge is 0.0956 e. The summed E-state index contributed by atoms with van der Waals surface area (Å²) in [6, 6.07) is 0. The third-order valence-corrected chi connectivity index (χ3v) is 8.14. The highest BCUT2D eigenvalue weighted by Crippen LogP contribution is 2.62. The molecule has 0 heterocycles. The summed E-state index contributed by atoms with van der Waals surface area (Å²) >= 11 is 0. The van der Waals surface area contributed by atoms with Crippen molar-refractivity contribution in [2.24, 2.45) is 28.6 Å². The monoisotopic (exact) mass is 380 g/mol. The van der Waals surface area contributed by atoms with Crippen molar-refractivity contribution in [3.05, 3.63) is 47.6 Å². The van der Waals surface area contributed by atoms with Crippen LogP contribution in [-0.2, 0) is 0 Å². The van der Waals surface area contributed by atoms with E-state index in [0.29, 0.717) is 10.8 Å². The normalized spacial score (nSPS) is 34.7. The highest BCUT2D eigenvalue weighted by Gasteiger charge is 2.53. The molecule has 0 spiro atoms. The summed E-state index contributed by atoms with van der Waals surface area (Å²) < 4.78 is 0. The van der Waals surface area contributed by atoms with Crippen LogP contribution in [0.5, 0.6) is 0 Å². The van der Waals surface area contributed by atoms with Crippen molar-refractivity contribution in [3.8, 4) is 0 Å². The first-order valence-corrected chi connectivity index (χ1v) is 12.0. The molecule has 0 nitrogen and oxygen atoms in total. The third-order valence-electron chi connectivity index (χ3n) is 8.14. The number of fused-ring (bicyclic) bond motifs is 1. The lowest BCUT2D eigenvalue weighted by atomic mass is 9.57. The van der Waals surface area contributed by atoms with Crippen LogP contribution >= 0.6 is 0 Å². The minimum Gasteiger partial charge on any atom is -0.0956 e. The Morgan fingerprint density at radius 1 is 1.07 bits per heavy atom. The first kappa shape index (κ1) is 21.7. The van der Waals surface area contributed by atoms with Crippen molar-refractivity contribution in [2.75, 3.05) is 0 Å². The predicted molar refractivity (Wildman–Crippen MR) is 124 cm³/mol. The molecule has 0 bridgehead atoms. The molecule has 0 radical (unpaired) electrons. The predicted octanol–water partition coefficient (Wildman–Crippen LogP) is 8.81. The van der Waals surface area contributed by atoms with E-state index in [0.717, 1.165) is 17.8 Å². The Kier molecular flexibility index (Phi) is 6.78. The lowest BCUT2D eigenvalue weighted by Gasteiger charge is -2.47. The fourth-order valence-electron chi connectivity index (χ4n) is 6.62. The fourth-order valence-corrected chi connectivity index (χ4v) is 6.62. The van der Waals surface area contributed by atoms with E-state index in [2.05, 4.69) is 65.5 Å². The van der Waals surface area contributed by atoms with Crippen molar-refractivity contribution in [3.63, 3.8) is 0 Å². The minimum absolute atomic E-state index is 0.303. The van der Waals surface area contributed by atoms with Crippen LogP contribution in [0.4, 0.5) is 0 Å². The Balaban J connectivity index is 1.78. The molecular formula is C28H44. The quantitative estimate of drug-likeness (QED) is 0.418.